The Balaban J connectivity index is 2.02. The smallest absolute Gasteiger partial charge is 0.299 e. The molecule has 0 N–H and O–H groups in total. The number of halogens is 3. The van der Waals surface area contributed by atoms with Gasteiger partial charge in [-0.25, -0.2) is 0 Å². The summed E-state index contributed by atoms with van der Waals surface area (Å²) >= 11 is 0. The van der Waals surface area contributed by atoms with Crippen molar-refractivity contribution in [1.29, 1.82) is 0 Å². The molecule has 0 heterocycles. The van der Waals surface area contributed by atoms with Gasteiger partial charge in [-0.3, -0.25) is 4.79 Å². The van der Waals surface area contributed by atoms with E-state index < -0.39 is 11.7 Å². The molecule has 0 atom stereocenters. The molecule has 0 unspecified atom stereocenters. The molecule has 0 bridgehead atoms. The lowest BCUT2D eigenvalue weighted by Crippen LogP contribution is -2.08. The van der Waals surface area contributed by atoms with Gasteiger partial charge < -0.3 is 0 Å². The van der Waals surface area contributed by atoms with Crippen LogP contribution >= 0.6 is 0 Å². The molecule has 2 rings (SSSR count). The van der Waals surface area contributed by atoms with Crippen molar-refractivity contribution in [3.63, 3.8) is 0 Å². The lowest BCUT2D eigenvalue weighted by Gasteiger charge is -2.08. The minimum atomic E-state index is -4.34. The highest BCUT2D eigenvalue weighted by Gasteiger charge is 2.30. The van der Waals surface area contributed by atoms with Crippen LogP contribution in [0.2, 0.25) is 0 Å². The maximum atomic E-state index is 12.4. The van der Waals surface area contributed by atoms with Gasteiger partial charge in [0.05, 0.1) is 5.56 Å². The van der Waals surface area contributed by atoms with Crippen molar-refractivity contribution >= 4 is 5.78 Å². The van der Waals surface area contributed by atoms with Crippen LogP contribution < -0.4 is 0 Å². The first kappa shape index (κ1) is 12.1. The third-order valence-corrected chi connectivity index (χ3v) is 2.87. The Bertz CT molecular complexity index is 419. The molecule has 92 valence electrons. The Morgan fingerprint density at radius 2 is 2.00 bits per heavy atom. The van der Waals surface area contributed by atoms with Crippen molar-refractivity contribution in [2.75, 3.05) is 0 Å². The molecule has 1 aromatic carbocycles. The number of benzene rings is 1. The summed E-state index contributed by atoms with van der Waals surface area (Å²) in [5, 5.41) is 0. The largest absolute Gasteiger partial charge is 0.416 e. The first-order valence-corrected chi connectivity index (χ1v) is 5.63. The van der Waals surface area contributed by atoms with Crippen LogP contribution in [0.25, 0.3) is 0 Å². The summed E-state index contributed by atoms with van der Waals surface area (Å²) in [5.74, 6) is 0.514. The number of rotatable bonds is 4. The van der Waals surface area contributed by atoms with Crippen LogP contribution in [0.1, 0.15) is 30.4 Å². The summed E-state index contributed by atoms with van der Waals surface area (Å²) in [5.41, 5.74) is -0.236. The minimum Gasteiger partial charge on any atom is -0.299 e. The monoisotopic (exact) mass is 242 g/mol. The van der Waals surface area contributed by atoms with Crippen molar-refractivity contribution in [2.24, 2.45) is 5.92 Å². The van der Waals surface area contributed by atoms with Crippen molar-refractivity contribution in [3.8, 4) is 0 Å². The molecule has 1 fully saturated rings. The van der Waals surface area contributed by atoms with E-state index in [1.54, 1.807) is 6.07 Å². The average Bonchev–Trinajstić information content (AvgIpc) is 3.00. The zero-order chi connectivity index (χ0) is 12.5. The van der Waals surface area contributed by atoms with Crippen LogP contribution in [0.3, 0.4) is 0 Å². The van der Waals surface area contributed by atoms with Gasteiger partial charge in [-0.2, -0.15) is 13.2 Å². The highest BCUT2D eigenvalue weighted by atomic mass is 19.4. The zero-order valence-corrected chi connectivity index (χ0v) is 9.26. The molecular formula is C13H13F3O. The van der Waals surface area contributed by atoms with E-state index in [4.69, 9.17) is 0 Å². The van der Waals surface area contributed by atoms with Gasteiger partial charge >= 0.3 is 6.18 Å². The van der Waals surface area contributed by atoms with Crippen molar-refractivity contribution in [1.82, 2.24) is 0 Å². The fraction of sp³-hybridized carbons (Fsp3) is 0.462. The molecule has 17 heavy (non-hydrogen) atoms. The molecule has 1 aromatic rings. The molecule has 0 radical (unpaired) electrons. The quantitative estimate of drug-likeness (QED) is 0.788. The number of carbonyl (C=O) groups excluding carboxylic acids is 1. The Morgan fingerprint density at radius 1 is 1.29 bits per heavy atom. The highest BCUT2D eigenvalue weighted by Crippen LogP contribution is 2.33. The number of carbonyl (C=O) groups is 1. The fourth-order valence-electron chi connectivity index (χ4n) is 1.80. The minimum absolute atomic E-state index is 0.0341. The van der Waals surface area contributed by atoms with Crippen LogP contribution in [0.15, 0.2) is 24.3 Å². The van der Waals surface area contributed by atoms with Crippen LogP contribution in [0.4, 0.5) is 13.2 Å². The van der Waals surface area contributed by atoms with Crippen LogP contribution in [0, 0.1) is 5.92 Å². The maximum absolute atomic E-state index is 12.4. The third-order valence-electron chi connectivity index (χ3n) is 2.87. The van der Waals surface area contributed by atoms with Crippen LogP contribution in [0.5, 0.6) is 0 Å². The Hall–Kier alpha value is -1.32. The number of ketones is 1. The Kier molecular flexibility index (Phi) is 3.22. The van der Waals surface area contributed by atoms with Gasteiger partial charge in [0.2, 0.25) is 0 Å². The van der Waals surface area contributed by atoms with Gasteiger partial charge in [-0.1, -0.05) is 18.2 Å². The molecular weight excluding hydrogens is 229 g/mol. The van der Waals surface area contributed by atoms with Gasteiger partial charge in [0, 0.05) is 12.8 Å². The predicted molar refractivity (Wildman–Crippen MR) is 57.5 cm³/mol. The van der Waals surface area contributed by atoms with E-state index in [9.17, 15) is 18.0 Å². The first-order valence-electron chi connectivity index (χ1n) is 5.63. The second-order valence-electron chi connectivity index (χ2n) is 4.56. The normalized spacial score (nSPS) is 15.9. The van der Waals surface area contributed by atoms with E-state index in [2.05, 4.69) is 0 Å². The summed E-state index contributed by atoms with van der Waals surface area (Å²) in [6.07, 6.45) is -1.56. The number of alkyl halides is 3. The van der Waals surface area contributed by atoms with E-state index in [0.29, 0.717) is 17.9 Å². The molecule has 0 spiro atoms. The molecule has 0 aliphatic heterocycles. The van der Waals surface area contributed by atoms with Gasteiger partial charge in [-0.15, -0.1) is 0 Å². The third kappa shape index (κ3) is 3.58. The van der Waals surface area contributed by atoms with Gasteiger partial charge in [0.25, 0.3) is 0 Å². The summed E-state index contributed by atoms with van der Waals surface area (Å²) in [6, 6.07) is 5.00. The van der Waals surface area contributed by atoms with E-state index >= 15 is 0 Å². The van der Waals surface area contributed by atoms with Crippen molar-refractivity contribution in [2.45, 2.75) is 31.9 Å². The van der Waals surface area contributed by atoms with Crippen LogP contribution in [-0.2, 0) is 17.4 Å². The topological polar surface area (TPSA) is 17.1 Å². The Labute approximate surface area is 97.6 Å². The van der Waals surface area contributed by atoms with Crippen LogP contribution in [-0.4, -0.2) is 5.78 Å². The fourth-order valence-corrected chi connectivity index (χ4v) is 1.80. The lowest BCUT2D eigenvalue weighted by atomic mass is 10.0. The lowest BCUT2D eigenvalue weighted by molar-refractivity contribution is -0.137. The van der Waals surface area contributed by atoms with E-state index in [-0.39, 0.29) is 12.2 Å². The summed E-state index contributed by atoms with van der Waals surface area (Å²) < 4.78 is 37.3. The SMILES string of the molecule is O=C(Cc1cccc(C(F)(F)F)c1)CC1CC1. The summed E-state index contributed by atoms with van der Waals surface area (Å²) in [7, 11) is 0. The molecule has 1 saturated carbocycles. The molecule has 0 aromatic heterocycles. The van der Waals surface area contributed by atoms with E-state index in [0.717, 1.165) is 25.0 Å². The van der Waals surface area contributed by atoms with Gasteiger partial charge in [0.1, 0.15) is 5.78 Å². The standard InChI is InChI=1S/C13H13F3O/c14-13(15,16)11-3-1-2-10(6-11)8-12(17)7-9-4-5-9/h1-3,6,9H,4-5,7-8H2. The first-order chi connectivity index (χ1) is 7.95. The van der Waals surface area contributed by atoms with Gasteiger partial charge in [-0.05, 0) is 30.4 Å². The summed E-state index contributed by atoms with van der Waals surface area (Å²) in [6.45, 7) is 0. The molecule has 1 nitrogen and oxygen atoms in total. The van der Waals surface area contributed by atoms with Gasteiger partial charge in [0.15, 0.2) is 0 Å². The number of hydrogen-bond donors (Lipinski definition) is 0. The second kappa shape index (κ2) is 4.51. The zero-order valence-electron chi connectivity index (χ0n) is 9.26. The van der Waals surface area contributed by atoms with E-state index in [1.165, 1.54) is 6.07 Å². The molecule has 1 aliphatic carbocycles. The molecule has 0 amide bonds. The van der Waals surface area contributed by atoms with Crippen molar-refractivity contribution < 1.29 is 18.0 Å². The number of hydrogen-bond acceptors (Lipinski definition) is 1. The highest BCUT2D eigenvalue weighted by molar-refractivity contribution is 5.81. The van der Waals surface area contributed by atoms with Crippen molar-refractivity contribution in [3.05, 3.63) is 35.4 Å². The average molecular weight is 242 g/mol. The number of Topliss-reactive ketones (excluding diaryl/α,β-unsaturated/α-hetero) is 1. The predicted octanol–water partition coefficient (Wildman–Crippen LogP) is 3.62. The molecule has 1 aliphatic rings. The molecule has 0 saturated heterocycles. The second-order valence-corrected chi connectivity index (χ2v) is 4.56. The summed E-state index contributed by atoms with van der Waals surface area (Å²) in [4.78, 5) is 11.5. The maximum Gasteiger partial charge on any atom is 0.416 e. The van der Waals surface area contributed by atoms with E-state index in [1.807, 2.05) is 0 Å². The molecule has 4 heteroatoms. The Morgan fingerprint density at radius 3 is 2.59 bits per heavy atom.